The van der Waals surface area contributed by atoms with Crippen molar-refractivity contribution in [1.82, 2.24) is 4.98 Å². The lowest BCUT2D eigenvalue weighted by Crippen LogP contribution is -3.06. The minimum Gasteiger partial charge on any atom is -0.338 e. The number of nitrogens with zero attached hydrogens (tertiary/aromatic N) is 2. The van der Waals surface area contributed by atoms with Crippen LogP contribution in [0.4, 0.5) is 5.13 Å². The maximum Gasteiger partial charge on any atom is 0.233 e. The average Bonchev–Trinajstić information content (AvgIpc) is 3.06. The van der Waals surface area contributed by atoms with E-state index in [1.54, 1.807) is 23.1 Å². The van der Waals surface area contributed by atoms with Crippen LogP contribution in [0.25, 0.3) is 10.2 Å². The maximum absolute atomic E-state index is 13.0. The predicted molar refractivity (Wildman–Crippen MR) is 112 cm³/mol. The molecule has 0 aliphatic rings. The number of hydrogen-bond acceptors (Lipinski definition) is 4. The summed E-state index contributed by atoms with van der Waals surface area (Å²) in [5, 5.41) is 0.795. The van der Waals surface area contributed by atoms with Crippen LogP contribution in [0.5, 0.6) is 0 Å². The first-order valence-corrected chi connectivity index (χ1v) is 10.7. The lowest BCUT2D eigenvalue weighted by molar-refractivity contribution is -0.856. The second kappa shape index (κ2) is 8.66. The summed E-state index contributed by atoms with van der Waals surface area (Å²) >= 11 is 3.29. The second-order valence-electron chi connectivity index (χ2n) is 6.47. The zero-order chi connectivity index (χ0) is 18.5. The van der Waals surface area contributed by atoms with Crippen molar-refractivity contribution in [3.8, 4) is 0 Å². The van der Waals surface area contributed by atoms with E-state index in [-0.39, 0.29) is 5.91 Å². The number of amides is 1. The number of benzene rings is 2. The fourth-order valence-corrected chi connectivity index (χ4v) is 4.38. The number of likely N-dealkylation sites (N-methyl/N-ethyl adjacent to an activating group) is 1. The first kappa shape index (κ1) is 18.9. The number of carbonyl (C=O) groups is 1. The van der Waals surface area contributed by atoms with Crippen molar-refractivity contribution in [1.29, 1.82) is 0 Å². The predicted octanol–water partition coefficient (Wildman–Crippen LogP) is 2.74. The van der Waals surface area contributed by atoms with E-state index in [1.807, 2.05) is 35.2 Å². The standard InChI is InChI=1S/C20H23N3OS2/c1-22(2)12-13-23(18(24)14-15-8-5-4-6-9-15)20-21-19-16(25-3)10-7-11-17(19)26-20/h4-11H,12-14H2,1-3H3/p+1. The van der Waals surface area contributed by atoms with Crippen LogP contribution in [0, 0.1) is 0 Å². The van der Waals surface area contributed by atoms with Gasteiger partial charge in [-0.2, -0.15) is 0 Å². The van der Waals surface area contributed by atoms with Crippen LogP contribution in [0.3, 0.4) is 0 Å². The van der Waals surface area contributed by atoms with Gasteiger partial charge in [-0.3, -0.25) is 9.69 Å². The Morgan fingerprint density at radius 3 is 2.62 bits per heavy atom. The summed E-state index contributed by atoms with van der Waals surface area (Å²) in [6.07, 6.45) is 2.45. The molecule has 2 aromatic carbocycles. The molecule has 0 unspecified atom stereocenters. The van der Waals surface area contributed by atoms with Crippen molar-refractivity contribution in [2.75, 3.05) is 38.3 Å². The molecule has 3 aromatic rings. The van der Waals surface area contributed by atoms with Gasteiger partial charge in [0.1, 0.15) is 0 Å². The zero-order valence-electron chi connectivity index (χ0n) is 15.4. The van der Waals surface area contributed by atoms with E-state index >= 15 is 0 Å². The molecule has 0 bridgehead atoms. The number of fused-ring (bicyclic) bond motifs is 1. The summed E-state index contributed by atoms with van der Waals surface area (Å²) in [6, 6.07) is 16.1. The highest BCUT2D eigenvalue weighted by Crippen LogP contribution is 2.34. The molecule has 0 radical (unpaired) electrons. The number of thiazole rings is 1. The number of anilines is 1. The Morgan fingerprint density at radius 1 is 1.15 bits per heavy atom. The summed E-state index contributed by atoms with van der Waals surface area (Å²) in [7, 11) is 4.20. The Hall–Kier alpha value is -1.89. The van der Waals surface area contributed by atoms with Gasteiger partial charge >= 0.3 is 0 Å². The molecule has 3 rings (SSSR count). The molecule has 136 valence electrons. The van der Waals surface area contributed by atoms with Crippen molar-refractivity contribution in [2.45, 2.75) is 11.3 Å². The lowest BCUT2D eigenvalue weighted by Gasteiger charge is -2.20. The molecule has 1 aromatic heterocycles. The molecule has 6 heteroatoms. The van der Waals surface area contributed by atoms with Crippen molar-refractivity contribution >= 4 is 44.4 Å². The number of rotatable bonds is 7. The van der Waals surface area contributed by atoms with E-state index in [9.17, 15) is 4.79 Å². The molecular formula is C20H24N3OS2+. The molecule has 0 aliphatic carbocycles. The molecule has 0 spiro atoms. The monoisotopic (exact) mass is 386 g/mol. The van der Waals surface area contributed by atoms with Crippen LogP contribution in [0.15, 0.2) is 53.4 Å². The number of thioether (sulfide) groups is 1. The normalized spacial score (nSPS) is 11.2. The highest BCUT2D eigenvalue weighted by atomic mass is 32.2. The third kappa shape index (κ3) is 4.44. The van der Waals surface area contributed by atoms with Gasteiger partial charge in [0, 0.05) is 4.90 Å². The lowest BCUT2D eigenvalue weighted by atomic mass is 10.1. The molecule has 0 saturated carbocycles. The molecule has 4 nitrogen and oxygen atoms in total. The van der Waals surface area contributed by atoms with Crippen molar-refractivity contribution in [3.63, 3.8) is 0 Å². The summed E-state index contributed by atoms with van der Waals surface area (Å²) < 4.78 is 1.13. The number of para-hydroxylation sites is 1. The minimum atomic E-state index is 0.0993. The van der Waals surface area contributed by atoms with Crippen LogP contribution >= 0.6 is 23.1 Å². The van der Waals surface area contributed by atoms with Crippen molar-refractivity contribution in [3.05, 3.63) is 54.1 Å². The Balaban J connectivity index is 1.91. The van der Waals surface area contributed by atoms with Crippen LogP contribution in [-0.4, -0.2) is 44.3 Å². The van der Waals surface area contributed by atoms with Crippen molar-refractivity contribution < 1.29 is 9.69 Å². The first-order chi connectivity index (χ1) is 12.6. The van der Waals surface area contributed by atoms with E-state index in [4.69, 9.17) is 4.98 Å². The van der Waals surface area contributed by atoms with Crippen molar-refractivity contribution in [2.24, 2.45) is 0 Å². The number of aromatic nitrogens is 1. The first-order valence-electron chi connectivity index (χ1n) is 8.65. The quantitative estimate of drug-likeness (QED) is 0.635. The Kier molecular flexibility index (Phi) is 6.29. The summed E-state index contributed by atoms with van der Waals surface area (Å²) in [4.78, 5) is 22.2. The second-order valence-corrected chi connectivity index (χ2v) is 8.33. The van der Waals surface area contributed by atoms with Gasteiger partial charge in [0.2, 0.25) is 5.91 Å². The maximum atomic E-state index is 13.0. The number of nitrogens with one attached hydrogen (secondary N) is 1. The smallest absolute Gasteiger partial charge is 0.233 e. The minimum absolute atomic E-state index is 0.0993. The van der Waals surface area contributed by atoms with Crippen LogP contribution < -0.4 is 9.80 Å². The molecule has 0 atom stereocenters. The topological polar surface area (TPSA) is 37.6 Å². The average molecular weight is 387 g/mol. The molecule has 1 heterocycles. The van der Waals surface area contributed by atoms with Gasteiger partial charge < -0.3 is 4.90 Å². The van der Waals surface area contributed by atoms with E-state index < -0.39 is 0 Å². The van der Waals surface area contributed by atoms with E-state index in [1.165, 1.54) is 4.90 Å². The molecule has 0 fully saturated rings. The van der Waals surface area contributed by atoms with Gasteiger partial charge in [-0.25, -0.2) is 4.98 Å². The van der Waals surface area contributed by atoms with Crippen LogP contribution in [0.2, 0.25) is 0 Å². The Labute approximate surface area is 162 Å². The number of carbonyl (C=O) groups excluding carboxylic acids is 1. The molecule has 1 amide bonds. The number of quaternary nitrogens is 1. The third-order valence-corrected chi connectivity index (χ3v) is 5.97. The van der Waals surface area contributed by atoms with Gasteiger partial charge in [-0.15, -0.1) is 11.8 Å². The highest BCUT2D eigenvalue weighted by molar-refractivity contribution is 7.98. The number of hydrogen-bond donors (Lipinski definition) is 1. The largest absolute Gasteiger partial charge is 0.338 e. The van der Waals surface area contributed by atoms with Crippen LogP contribution in [-0.2, 0) is 11.2 Å². The van der Waals surface area contributed by atoms with E-state index in [2.05, 4.69) is 38.6 Å². The van der Waals surface area contributed by atoms with Crippen LogP contribution in [0.1, 0.15) is 5.56 Å². The van der Waals surface area contributed by atoms with E-state index in [0.29, 0.717) is 13.0 Å². The Morgan fingerprint density at radius 2 is 1.92 bits per heavy atom. The fourth-order valence-electron chi connectivity index (χ4n) is 2.72. The molecular weight excluding hydrogens is 362 g/mol. The Bertz CT molecular complexity index is 877. The zero-order valence-corrected chi connectivity index (χ0v) is 17.0. The van der Waals surface area contributed by atoms with E-state index in [0.717, 1.165) is 32.4 Å². The molecule has 0 aliphatic heterocycles. The summed E-state index contributed by atoms with van der Waals surface area (Å²) in [6.45, 7) is 1.55. The third-order valence-electron chi connectivity index (χ3n) is 4.16. The summed E-state index contributed by atoms with van der Waals surface area (Å²) in [5.41, 5.74) is 2.03. The molecule has 0 saturated heterocycles. The van der Waals surface area contributed by atoms with Gasteiger partial charge in [0.05, 0.1) is 43.8 Å². The SMILES string of the molecule is CSc1cccc2sc(N(CC[NH+](C)C)C(=O)Cc3ccccc3)nc12. The van der Waals surface area contributed by atoms with Gasteiger partial charge in [-0.05, 0) is 24.0 Å². The van der Waals surface area contributed by atoms with Gasteiger partial charge in [0.15, 0.2) is 5.13 Å². The molecule has 26 heavy (non-hydrogen) atoms. The van der Waals surface area contributed by atoms with Gasteiger partial charge in [-0.1, -0.05) is 47.7 Å². The highest BCUT2D eigenvalue weighted by Gasteiger charge is 2.21. The van der Waals surface area contributed by atoms with Gasteiger partial charge in [0.25, 0.3) is 0 Å². The summed E-state index contributed by atoms with van der Waals surface area (Å²) in [5.74, 6) is 0.0993. The molecule has 1 N–H and O–H groups in total. The fraction of sp³-hybridized carbons (Fsp3) is 0.300.